The number of benzene rings is 1. The molecule has 3 aromatic rings. The van der Waals surface area contributed by atoms with Gasteiger partial charge in [-0.1, -0.05) is 6.07 Å². The van der Waals surface area contributed by atoms with E-state index in [1.165, 1.54) is 37.6 Å². The van der Waals surface area contributed by atoms with Crippen LogP contribution in [0, 0.1) is 0 Å². The molecule has 0 saturated heterocycles. The summed E-state index contributed by atoms with van der Waals surface area (Å²) in [7, 11) is -2.95. The highest BCUT2D eigenvalue weighted by Crippen LogP contribution is 2.31. The van der Waals surface area contributed by atoms with Crippen molar-refractivity contribution in [2.24, 2.45) is 0 Å². The Bertz CT molecular complexity index is 1220. The van der Waals surface area contributed by atoms with E-state index in [4.69, 9.17) is 4.74 Å². The predicted octanol–water partition coefficient (Wildman–Crippen LogP) is 3.05. The zero-order valence-corrected chi connectivity index (χ0v) is 18.2. The van der Waals surface area contributed by atoms with Gasteiger partial charge in [-0.05, 0) is 42.0 Å². The number of halogens is 3. The second-order valence-corrected chi connectivity index (χ2v) is 8.86. The van der Waals surface area contributed by atoms with E-state index in [0.717, 1.165) is 0 Å². The van der Waals surface area contributed by atoms with Crippen LogP contribution in [0.5, 0.6) is 5.75 Å². The molecule has 174 valence electrons. The van der Waals surface area contributed by atoms with Gasteiger partial charge in [0, 0.05) is 30.9 Å². The first-order valence-corrected chi connectivity index (χ1v) is 11.2. The first-order valence-electron chi connectivity index (χ1n) is 9.57. The summed E-state index contributed by atoms with van der Waals surface area (Å²) in [5.74, 6) is -0.881. The molecule has 33 heavy (non-hydrogen) atoms. The van der Waals surface area contributed by atoms with Crippen molar-refractivity contribution in [1.82, 2.24) is 20.3 Å². The summed E-state index contributed by atoms with van der Waals surface area (Å²) < 4.78 is 70.5. The normalized spacial score (nSPS) is 11.8. The van der Waals surface area contributed by atoms with Crippen molar-refractivity contribution in [1.29, 1.82) is 0 Å². The summed E-state index contributed by atoms with van der Waals surface area (Å²) in [4.78, 5) is 23.0. The SMILES string of the molecule is COc1ccc(-c2cc(C(F)(F)F)nc(S(=O)(=O)CCC(=O)NCc3cccnc3)n2)cc1. The Morgan fingerprint density at radius 1 is 1.12 bits per heavy atom. The summed E-state index contributed by atoms with van der Waals surface area (Å²) in [6, 6.07) is 9.98. The number of nitrogens with zero attached hydrogens (tertiary/aromatic N) is 3. The number of sulfone groups is 1. The number of amides is 1. The van der Waals surface area contributed by atoms with Crippen molar-refractivity contribution >= 4 is 15.7 Å². The Morgan fingerprint density at radius 3 is 2.45 bits per heavy atom. The van der Waals surface area contributed by atoms with Gasteiger partial charge in [0.25, 0.3) is 0 Å². The third-order valence-electron chi connectivity index (χ3n) is 4.47. The molecule has 0 fully saturated rings. The van der Waals surface area contributed by atoms with Gasteiger partial charge >= 0.3 is 6.18 Å². The van der Waals surface area contributed by atoms with E-state index in [1.807, 2.05) is 0 Å². The minimum Gasteiger partial charge on any atom is -0.497 e. The molecular weight excluding hydrogens is 461 g/mol. The molecule has 0 aliphatic carbocycles. The first kappa shape index (κ1) is 24.1. The number of methoxy groups -OCH3 is 1. The van der Waals surface area contributed by atoms with Crippen molar-refractivity contribution in [2.75, 3.05) is 12.9 Å². The number of carbonyl (C=O) groups is 1. The molecular formula is C21H19F3N4O4S. The fourth-order valence-corrected chi connectivity index (χ4v) is 3.84. The summed E-state index contributed by atoms with van der Waals surface area (Å²) >= 11 is 0. The smallest absolute Gasteiger partial charge is 0.433 e. The van der Waals surface area contributed by atoms with Crippen LogP contribution in [0.2, 0.25) is 0 Å². The summed E-state index contributed by atoms with van der Waals surface area (Å²) in [5, 5.41) is 1.53. The molecule has 0 aliphatic rings. The standard InChI is InChI=1S/C21H19F3N4O4S/c1-32-16-6-4-15(5-7-16)17-11-18(21(22,23)24)28-20(27-17)33(30,31)10-8-19(29)26-13-14-3-2-9-25-12-14/h2-7,9,11-12H,8,10,13H2,1H3,(H,26,29). The van der Waals surface area contributed by atoms with E-state index in [-0.39, 0.29) is 17.8 Å². The number of hydrogen-bond acceptors (Lipinski definition) is 7. The van der Waals surface area contributed by atoms with Crippen LogP contribution in [0.4, 0.5) is 13.2 Å². The number of alkyl halides is 3. The second-order valence-electron chi connectivity index (χ2n) is 6.85. The minimum absolute atomic E-state index is 0.133. The molecule has 8 nitrogen and oxygen atoms in total. The number of aromatic nitrogens is 3. The lowest BCUT2D eigenvalue weighted by molar-refractivity contribution is -0.141. The Morgan fingerprint density at radius 2 is 1.85 bits per heavy atom. The van der Waals surface area contributed by atoms with Crippen LogP contribution in [0.15, 0.2) is 60.0 Å². The molecule has 0 unspecified atom stereocenters. The van der Waals surface area contributed by atoms with Gasteiger partial charge in [0.15, 0.2) is 0 Å². The quantitative estimate of drug-likeness (QED) is 0.494. The molecule has 12 heteroatoms. The van der Waals surface area contributed by atoms with Crippen LogP contribution in [0.25, 0.3) is 11.3 Å². The average molecular weight is 480 g/mol. The Kier molecular flexibility index (Phi) is 7.26. The minimum atomic E-state index is -4.89. The highest BCUT2D eigenvalue weighted by Gasteiger charge is 2.35. The van der Waals surface area contributed by atoms with Gasteiger partial charge in [-0.25, -0.2) is 18.4 Å². The van der Waals surface area contributed by atoms with Crippen molar-refractivity contribution in [3.8, 4) is 17.0 Å². The number of ether oxygens (including phenoxy) is 1. The van der Waals surface area contributed by atoms with Crippen LogP contribution in [-0.2, 0) is 27.4 Å². The lowest BCUT2D eigenvalue weighted by Gasteiger charge is -2.11. The monoisotopic (exact) mass is 480 g/mol. The highest BCUT2D eigenvalue weighted by atomic mass is 32.2. The molecule has 1 aromatic carbocycles. The molecule has 1 N–H and O–H groups in total. The maximum absolute atomic E-state index is 13.4. The van der Waals surface area contributed by atoms with Gasteiger partial charge in [0.2, 0.25) is 20.9 Å². The first-order chi connectivity index (χ1) is 15.6. The van der Waals surface area contributed by atoms with Gasteiger partial charge in [-0.3, -0.25) is 9.78 Å². The maximum atomic E-state index is 13.4. The van der Waals surface area contributed by atoms with E-state index < -0.39 is 44.9 Å². The zero-order valence-electron chi connectivity index (χ0n) is 17.3. The number of nitrogens with one attached hydrogen (secondary N) is 1. The molecule has 0 aliphatic heterocycles. The van der Waals surface area contributed by atoms with Gasteiger partial charge in [-0.2, -0.15) is 13.2 Å². The summed E-state index contributed by atoms with van der Waals surface area (Å²) in [6.45, 7) is 0.133. The number of pyridine rings is 1. The van der Waals surface area contributed by atoms with Crippen molar-refractivity contribution < 1.29 is 31.1 Å². The molecule has 2 aromatic heterocycles. The van der Waals surface area contributed by atoms with Gasteiger partial charge in [-0.15, -0.1) is 0 Å². The third kappa shape index (κ3) is 6.48. The van der Waals surface area contributed by atoms with Crippen molar-refractivity contribution in [3.63, 3.8) is 0 Å². The predicted molar refractivity (Wildman–Crippen MR) is 112 cm³/mol. The highest BCUT2D eigenvalue weighted by molar-refractivity contribution is 7.91. The Labute approximate surface area is 187 Å². The van der Waals surface area contributed by atoms with Gasteiger partial charge < -0.3 is 10.1 Å². The average Bonchev–Trinajstić information content (AvgIpc) is 2.81. The van der Waals surface area contributed by atoms with Crippen LogP contribution >= 0.6 is 0 Å². The number of hydrogen-bond donors (Lipinski definition) is 1. The molecule has 0 bridgehead atoms. The fraction of sp³-hybridized carbons (Fsp3) is 0.238. The molecule has 2 heterocycles. The molecule has 0 saturated carbocycles. The Balaban J connectivity index is 1.81. The topological polar surface area (TPSA) is 111 Å². The fourth-order valence-electron chi connectivity index (χ4n) is 2.73. The molecule has 1 amide bonds. The van der Waals surface area contributed by atoms with Gasteiger partial charge in [0.05, 0.1) is 18.6 Å². The lowest BCUT2D eigenvalue weighted by atomic mass is 10.1. The van der Waals surface area contributed by atoms with E-state index in [1.54, 1.807) is 18.3 Å². The summed E-state index contributed by atoms with van der Waals surface area (Å²) in [5.41, 5.74) is -0.670. The summed E-state index contributed by atoms with van der Waals surface area (Å²) in [6.07, 6.45) is -2.27. The molecule has 0 atom stereocenters. The number of carbonyl (C=O) groups excluding carboxylic acids is 1. The molecule has 0 spiro atoms. The van der Waals surface area contributed by atoms with Crippen LogP contribution in [0.3, 0.4) is 0 Å². The second kappa shape index (κ2) is 9.94. The van der Waals surface area contributed by atoms with E-state index in [2.05, 4.69) is 20.3 Å². The molecule has 0 radical (unpaired) electrons. The van der Waals surface area contributed by atoms with E-state index in [0.29, 0.717) is 17.4 Å². The Hall–Kier alpha value is -3.54. The number of rotatable bonds is 8. The van der Waals surface area contributed by atoms with E-state index >= 15 is 0 Å². The molecule has 3 rings (SSSR count). The maximum Gasteiger partial charge on any atom is 0.433 e. The zero-order chi connectivity index (χ0) is 24.1. The van der Waals surface area contributed by atoms with E-state index in [9.17, 15) is 26.4 Å². The van der Waals surface area contributed by atoms with Crippen LogP contribution in [-0.4, -0.2) is 42.1 Å². The van der Waals surface area contributed by atoms with Crippen molar-refractivity contribution in [3.05, 3.63) is 66.1 Å². The largest absolute Gasteiger partial charge is 0.497 e. The van der Waals surface area contributed by atoms with Gasteiger partial charge in [0.1, 0.15) is 11.4 Å². The lowest BCUT2D eigenvalue weighted by Crippen LogP contribution is -2.26. The van der Waals surface area contributed by atoms with Crippen LogP contribution < -0.4 is 10.1 Å². The third-order valence-corrected chi connectivity index (χ3v) is 5.95. The van der Waals surface area contributed by atoms with Crippen LogP contribution in [0.1, 0.15) is 17.7 Å². The van der Waals surface area contributed by atoms with Crippen molar-refractivity contribution in [2.45, 2.75) is 24.3 Å².